The van der Waals surface area contributed by atoms with Gasteiger partial charge in [0.25, 0.3) is 0 Å². The molecule has 1 aromatic heterocycles. The number of fused-ring (bicyclic) bond motifs is 1. The SMILES string of the molecule is CC(=O)c1cccc(Nc2ccc3[nH]ccc3c2)c1. The lowest BCUT2D eigenvalue weighted by Gasteiger charge is -2.07. The molecule has 0 amide bonds. The number of rotatable bonds is 3. The minimum Gasteiger partial charge on any atom is -0.361 e. The predicted octanol–water partition coefficient (Wildman–Crippen LogP) is 4.11. The van der Waals surface area contributed by atoms with E-state index in [0.717, 1.165) is 22.3 Å². The summed E-state index contributed by atoms with van der Waals surface area (Å²) in [5.41, 5.74) is 3.76. The number of aromatic amines is 1. The third kappa shape index (κ3) is 2.36. The summed E-state index contributed by atoms with van der Waals surface area (Å²) < 4.78 is 0. The van der Waals surface area contributed by atoms with Crippen LogP contribution in [0, 0.1) is 0 Å². The number of ketones is 1. The fraction of sp³-hybridized carbons (Fsp3) is 0.0625. The molecule has 94 valence electrons. The second kappa shape index (κ2) is 4.61. The average Bonchev–Trinajstić information content (AvgIpc) is 2.86. The minimum absolute atomic E-state index is 0.0738. The van der Waals surface area contributed by atoms with Gasteiger partial charge < -0.3 is 10.3 Å². The summed E-state index contributed by atoms with van der Waals surface area (Å²) in [6.07, 6.45) is 1.92. The van der Waals surface area contributed by atoms with Crippen molar-refractivity contribution in [2.24, 2.45) is 0 Å². The average molecular weight is 250 g/mol. The number of carbonyl (C=O) groups is 1. The van der Waals surface area contributed by atoms with E-state index in [-0.39, 0.29) is 5.78 Å². The number of Topliss-reactive ketones (excluding diaryl/α,β-unsaturated/α-hetero) is 1. The lowest BCUT2D eigenvalue weighted by Crippen LogP contribution is -1.95. The Kier molecular flexibility index (Phi) is 2.80. The largest absolute Gasteiger partial charge is 0.361 e. The van der Waals surface area contributed by atoms with Crippen molar-refractivity contribution in [2.45, 2.75) is 6.92 Å². The van der Waals surface area contributed by atoms with Crippen LogP contribution >= 0.6 is 0 Å². The van der Waals surface area contributed by atoms with Crippen LogP contribution in [0.25, 0.3) is 10.9 Å². The molecule has 0 fully saturated rings. The van der Waals surface area contributed by atoms with Crippen LogP contribution in [0.5, 0.6) is 0 Å². The van der Waals surface area contributed by atoms with Crippen molar-refractivity contribution < 1.29 is 4.79 Å². The topological polar surface area (TPSA) is 44.9 Å². The van der Waals surface area contributed by atoms with Gasteiger partial charge in [0.15, 0.2) is 5.78 Å². The Morgan fingerprint density at radius 2 is 1.89 bits per heavy atom. The number of hydrogen-bond donors (Lipinski definition) is 2. The summed E-state index contributed by atoms with van der Waals surface area (Å²) in [5.74, 6) is 0.0738. The van der Waals surface area contributed by atoms with Crippen molar-refractivity contribution >= 4 is 28.1 Å². The quantitative estimate of drug-likeness (QED) is 0.687. The molecular formula is C16H14N2O. The molecule has 0 aliphatic carbocycles. The van der Waals surface area contributed by atoms with Gasteiger partial charge in [0.05, 0.1) is 0 Å². The molecule has 0 spiro atoms. The van der Waals surface area contributed by atoms with Crippen molar-refractivity contribution in [3.63, 3.8) is 0 Å². The van der Waals surface area contributed by atoms with Crippen LogP contribution in [-0.4, -0.2) is 10.8 Å². The Morgan fingerprint density at radius 3 is 2.74 bits per heavy atom. The first kappa shape index (κ1) is 11.5. The maximum Gasteiger partial charge on any atom is 0.159 e. The Bertz CT molecular complexity index is 743. The van der Waals surface area contributed by atoms with E-state index in [2.05, 4.69) is 16.4 Å². The van der Waals surface area contributed by atoms with Gasteiger partial charge in [0, 0.05) is 34.0 Å². The minimum atomic E-state index is 0.0738. The van der Waals surface area contributed by atoms with E-state index in [1.807, 2.05) is 48.7 Å². The Hall–Kier alpha value is -2.55. The van der Waals surface area contributed by atoms with Gasteiger partial charge in [-0.05, 0) is 43.3 Å². The molecule has 1 heterocycles. The third-order valence-corrected chi connectivity index (χ3v) is 3.11. The monoisotopic (exact) mass is 250 g/mol. The summed E-state index contributed by atoms with van der Waals surface area (Å²) in [5, 5.41) is 4.47. The first-order valence-electron chi connectivity index (χ1n) is 6.17. The van der Waals surface area contributed by atoms with Gasteiger partial charge >= 0.3 is 0 Å². The number of carbonyl (C=O) groups excluding carboxylic acids is 1. The number of H-pyrrole nitrogens is 1. The fourth-order valence-corrected chi connectivity index (χ4v) is 2.11. The van der Waals surface area contributed by atoms with Crippen molar-refractivity contribution in [1.29, 1.82) is 0 Å². The van der Waals surface area contributed by atoms with E-state index in [4.69, 9.17) is 0 Å². The van der Waals surface area contributed by atoms with Crippen molar-refractivity contribution in [3.8, 4) is 0 Å². The predicted molar refractivity (Wildman–Crippen MR) is 78.0 cm³/mol. The molecule has 0 aliphatic rings. The van der Waals surface area contributed by atoms with Crippen LogP contribution < -0.4 is 5.32 Å². The Labute approximate surface area is 111 Å². The van der Waals surface area contributed by atoms with E-state index < -0.39 is 0 Å². The highest BCUT2D eigenvalue weighted by molar-refractivity contribution is 5.95. The van der Waals surface area contributed by atoms with Gasteiger partial charge in [-0.3, -0.25) is 4.79 Å². The molecule has 2 aromatic carbocycles. The zero-order valence-corrected chi connectivity index (χ0v) is 10.6. The van der Waals surface area contributed by atoms with E-state index in [0.29, 0.717) is 5.56 Å². The second-order valence-electron chi connectivity index (χ2n) is 4.54. The zero-order valence-electron chi connectivity index (χ0n) is 10.6. The van der Waals surface area contributed by atoms with Crippen LogP contribution in [0.4, 0.5) is 11.4 Å². The van der Waals surface area contributed by atoms with Crippen molar-refractivity contribution in [3.05, 3.63) is 60.3 Å². The molecule has 3 nitrogen and oxygen atoms in total. The highest BCUT2D eigenvalue weighted by Crippen LogP contribution is 2.22. The van der Waals surface area contributed by atoms with Gasteiger partial charge in [-0.25, -0.2) is 0 Å². The first-order chi connectivity index (χ1) is 9.22. The molecular weight excluding hydrogens is 236 g/mol. The molecule has 0 radical (unpaired) electrons. The van der Waals surface area contributed by atoms with Crippen LogP contribution in [0.15, 0.2) is 54.7 Å². The summed E-state index contributed by atoms with van der Waals surface area (Å²) in [6, 6.07) is 15.7. The fourth-order valence-electron chi connectivity index (χ4n) is 2.11. The first-order valence-corrected chi connectivity index (χ1v) is 6.17. The maximum atomic E-state index is 11.4. The van der Waals surface area contributed by atoms with Gasteiger partial charge in [0.2, 0.25) is 0 Å². The van der Waals surface area contributed by atoms with Gasteiger partial charge in [0.1, 0.15) is 0 Å². The van der Waals surface area contributed by atoms with Gasteiger partial charge in [-0.2, -0.15) is 0 Å². The van der Waals surface area contributed by atoms with Crippen LogP contribution in [0.2, 0.25) is 0 Å². The zero-order chi connectivity index (χ0) is 13.2. The highest BCUT2D eigenvalue weighted by atomic mass is 16.1. The summed E-state index contributed by atoms with van der Waals surface area (Å²) in [7, 11) is 0. The summed E-state index contributed by atoms with van der Waals surface area (Å²) in [4.78, 5) is 14.5. The maximum absolute atomic E-state index is 11.4. The molecule has 0 atom stereocenters. The molecule has 0 aliphatic heterocycles. The van der Waals surface area contributed by atoms with Crippen LogP contribution in [0.1, 0.15) is 17.3 Å². The van der Waals surface area contributed by atoms with Crippen molar-refractivity contribution in [2.75, 3.05) is 5.32 Å². The molecule has 0 unspecified atom stereocenters. The van der Waals surface area contributed by atoms with Crippen molar-refractivity contribution in [1.82, 2.24) is 4.98 Å². The molecule has 19 heavy (non-hydrogen) atoms. The van der Waals surface area contributed by atoms with Gasteiger partial charge in [-0.15, -0.1) is 0 Å². The van der Waals surface area contributed by atoms with E-state index in [1.165, 1.54) is 0 Å². The second-order valence-corrected chi connectivity index (χ2v) is 4.54. The van der Waals surface area contributed by atoms with E-state index in [9.17, 15) is 4.79 Å². The molecule has 0 saturated carbocycles. The highest BCUT2D eigenvalue weighted by Gasteiger charge is 2.02. The van der Waals surface area contributed by atoms with Crippen LogP contribution in [-0.2, 0) is 0 Å². The van der Waals surface area contributed by atoms with Gasteiger partial charge in [-0.1, -0.05) is 12.1 Å². The standard InChI is InChI=1S/C16H14N2O/c1-11(19)12-3-2-4-14(9-12)18-15-5-6-16-13(10-15)7-8-17-16/h2-10,17-18H,1H3. The number of hydrogen-bond acceptors (Lipinski definition) is 2. The third-order valence-electron chi connectivity index (χ3n) is 3.11. The molecule has 3 rings (SSSR count). The molecule has 0 bridgehead atoms. The summed E-state index contributed by atoms with van der Waals surface area (Å²) in [6.45, 7) is 1.57. The normalized spacial score (nSPS) is 10.6. The van der Waals surface area contributed by atoms with E-state index >= 15 is 0 Å². The van der Waals surface area contributed by atoms with E-state index in [1.54, 1.807) is 6.92 Å². The lowest BCUT2D eigenvalue weighted by molar-refractivity contribution is 0.101. The summed E-state index contributed by atoms with van der Waals surface area (Å²) >= 11 is 0. The lowest BCUT2D eigenvalue weighted by atomic mass is 10.1. The molecule has 3 heteroatoms. The van der Waals surface area contributed by atoms with Crippen LogP contribution in [0.3, 0.4) is 0 Å². The number of benzene rings is 2. The Morgan fingerprint density at radius 1 is 1.05 bits per heavy atom. The molecule has 2 N–H and O–H groups in total. The Balaban J connectivity index is 1.91. The number of anilines is 2. The molecule has 3 aromatic rings. The number of nitrogens with one attached hydrogen (secondary N) is 2. The molecule has 0 saturated heterocycles. The number of aromatic nitrogens is 1. The smallest absolute Gasteiger partial charge is 0.159 e.